The zero-order valence-corrected chi connectivity index (χ0v) is 8.50. The summed E-state index contributed by atoms with van der Waals surface area (Å²) < 4.78 is 11.5. The van der Waals surface area contributed by atoms with Gasteiger partial charge in [0.15, 0.2) is 5.79 Å². The second-order valence-corrected chi connectivity index (χ2v) is 4.15. The van der Waals surface area contributed by atoms with E-state index in [4.69, 9.17) is 14.7 Å². The van der Waals surface area contributed by atoms with Crippen molar-refractivity contribution in [2.75, 3.05) is 13.2 Å². The SMILES string of the molecule is N#CCC[C@H]1CCCCC12OCCO2. The summed E-state index contributed by atoms with van der Waals surface area (Å²) in [7, 11) is 0. The second-order valence-electron chi connectivity index (χ2n) is 4.15. The number of rotatable bonds is 2. The normalized spacial score (nSPS) is 30.4. The van der Waals surface area contributed by atoms with Crippen LogP contribution in [-0.2, 0) is 9.47 Å². The third-order valence-corrected chi connectivity index (χ3v) is 3.33. The average molecular weight is 195 g/mol. The maximum Gasteiger partial charge on any atom is 0.171 e. The van der Waals surface area contributed by atoms with Gasteiger partial charge in [0.2, 0.25) is 0 Å². The van der Waals surface area contributed by atoms with Gasteiger partial charge in [-0.05, 0) is 19.3 Å². The van der Waals surface area contributed by atoms with E-state index in [-0.39, 0.29) is 5.79 Å². The third kappa shape index (κ3) is 1.77. The van der Waals surface area contributed by atoms with Gasteiger partial charge in [0.25, 0.3) is 0 Å². The van der Waals surface area contributed by atoms with E-state index in [0.717, 1.165) is 32.5 Å². The smallest absolute Gasteiger partial charge is 0.171 e. The van der Waals surface area contributed by atoms with Crippen LogP contribution in [0.15, 0.2) is 0 Å². The highest BCUT2D eigenvalue weighted by atomic mass is 16.7. The highest BCUT2D eigenvalue weighted by Gasteiger charge is 2.45. The van der Waals surface area contributed by atoms with Gasteiger partial charge in [0, 0.05) is 18.8 Å². The van der Waals surface area contributed by atoms with Gasteiger partial charge in [-0.1, -0.05) is 6.42 Å². The van der Waals surface area contributed by atoms with Crippen LogP contribution in [0.4, 0.5) is 0 Å². The first-order valence-corrected chi connectivity index (χ1v) is 5.52. The molecule has 1 heterocycles. The van der Waals surface area contributed by atoms with E-state index in [1.807, 2.05) is 0 Å². The predicted octanol–water partition coefficient (Wildman–Crippen LogP) is 2.22. The molecular formula is C11H17NO2. The molecule has 2 rings (SSSR count). The fourth-order valence-corrected chi connectivity index (χ4v) is 2.64. The summed E-state index contributed by atoms with van der Waals surface area (Å²) in [5.41, 5.74) is 0. The lowest BCUT2D eigenvalue weighted by Crippen LogP contribution is -2.41. The van der Waals surface area contributed by atoms with Crippen molar-refractivity contribution in [2.24, 2.45) is 5.92 Å². The number of hydrogen-bond acceptors (Lipinski definition) is 3. The summed E-state index contributed by atoms with van der Waals surface area (Å²) in [5.74, 6) is 0.133. The Kier molecular flexibility index (Phi) is 3.05. The molecule has 1 aliphatic carbocycles. The predicted molar refractivity (Wildman–Crippen MR) is 51.4 cm³/mol. The topological polar surface area (TPSA) is 42.2 Å². The molecule has 0 amide bonds. The summed E-state index contributed by atoms with van der Waals surface area (Å²) >= 11 is 0. The molecule has 0 aromatic rings. The van der Waals surface area contributed by atoms with Gasteiger partial charge in [0.1, 0.15) is 0 Å². The van der Waals surface area contributed by atoms with E-state index in [9.17, 15) is 0 Å². The summed E-state index contributed by atoms with van der Waals surface area (Å²) in [6.07, 6.45) is 6.17. The molecule has 0 N–H and O–H groups in total. The van der Waals surface area contributed by atoms with Crippen LogP contribution in [0.5, 0.6) is 0 Å². The molecule has 1 saturated carbocycles. The molecular weight excluding hydrogens is 178 g/mol. The van der Waals surface area contributed by atoms with Crippen LogP contribution >= 0.6 is 0 Å². The van der Waals surface area contributed by atoms with E-state index in [1.165, 1.54) is 12.8 Å². The number of nitrogens with zero attached hydrogens (tertiary/aromatic N) is 1. The van der Waals surface area contributed by atoms with Crippen LogP contribution in [0.3, 0.4) is 0 Å². The highest BCUT2D eigenvalue weighted by molar-refractivity contribution is 4.88. The minimum absolute atomic E-state index is 0.310. The molecule has 14 heavy (non-hydrogen) atoms. The first-order chi connectivity index (χ1) is 6.87. The van der Waals surface area contributed by atoms with Crippen LogP contribution in [0.25, 0.3) is 0 Å². The molecule has 0 aromatic heterocycles. The van der Waals surface area contributed by atoms with E-state index >= 15 is 0 Å². The Morgan fingerprint density at radius 3 is 2.79 bits per heavy atom. The molecule has 78 valence electrons. The van der Waals surface area contributed by atoms with Crippen molar-refractivity contribution in [3.63, 3.8) is 0 Å². The van der Waals surface area contributed by atoms with Crippen LogP contribution < -0.4 is 0 Å². The summed E-state index contributed by atoms with van der Waals surface area (Å²) in [5, 5.41) is 8.60. The highest BCUT2D eigenvalue weighted by Crippen LogP contribution is 2.42. The Balaban J connectivity index is 2.00. The lowest BCUT2D eigenvalue weighted by molar-refractivity contribution is -0.213. The molecule has 0 aromatic carbocycles. The van der Waals surface area contributed by atoms with Gasteiger partial charge >= 0.3 is 0 Å². The minimum Gasteiger partial charge on any atom is -0.347 e. The molecule has 1 aliphatic heterocycles. The summed E-state index contributed by atoms with van der Waals surface area (Å²) in [4.78, 5) is 0. The van der Waals surface area contributed by atoms with E-state index in [1.54, 1.807) is 0 Å². The third-order valence-electron chi connectivity index (χ3n) is 3.33. The van der Waals surface area contributed by atoms with E-state index < -0.39 is 0 Å². The van der Waals surface area contributed by atoms with Crippen molar-refractivity contribution in [1.82, 2.24) is 0 Å². The van der Waals surface area contributed by atoms with Crippen molar-refractivity contribution >= 4 is 0 Å². The maximum absolute atomic E-state index is 8.60. The minimum atomic E-state index is -0.310. The van der Waals surface area contributed by atoms with Crippen LogP contribution in [-0.4, -0.2) is 19.0 Å². The first-order valence-electron chi connectivity index (χ1n) is 5.52. The molecule has 1 atom stereocenters. The zero-order chi connectivity index (χ0) is 9.86. The molecule has 2 aliphatic rings. The Labute approximate surface area is 85.0 Å². The number of ether oxygens (including phenoxy) is 2. The molecule has 0 radical (unpaired) electrons. The number of hydrogen-bond donors (Lipinski definition) is 0. The molecule has 1 spiro atoms. The zero-order valence-electron chi connectivity index (χ0n) is 8.50. The molecule has 3 heteroatoms. The van der Waals surface area contributed by atoms with Crippen molar-refractivity contribution in [1.29, 1.82) is 5.26 Å². The van der Waals surface area contributed by atoms with Crippen LogP contribution in [0.1, 0.15) is 38.5 Å². The van der Waals surface area contributed by atoms with Gasteiger partial charge in [-0.2, -0.15) is 5.26 Å². The Hall–Kier alpha value is -0.590. The standard InChI is InChI=1S/C11H17NO2/c12-7-3-5-10-4-1-2-6-11(10)13-8-9-14-11/h10H,1-6,8-9H2/t10-/m1/s1. The Morgan fingerprint density at radius 2 is 2.07 bits per heavy atom. The van der Waals surface area contributed by atoms with Crippen molar-refractivity contribution in [3.05, 3.63) is 0 Å². The van der Waals surface area contributed by atoms with Crippen molar-refractivity contribution < 1.29 is 9.47 Å². The maximum atomic E-state index is 8.60. The second kappa shape index (κ2) is 4.29. The van der Waals surface area contributed by atoms with Crippen molar-refractivity contribution in [3.8, 4) is 6.07 Å². The average Bonchev–Trinajstić information content (AvgIpc) is 2.66. The lowest BCUT2D eigenvalue weighted by atomic mass is 9.80. The Bertz CT molecular complexity index is 228. The van der Waals surface area contributed by atoms with Crippen LogP contribution in [0.2, 0.25) is 0 Å². The number of nitriles is 1. The van der Waals surface area contributed by atoms with Gasteiger partial charge in [-0.25, -0.2) is 0 Å². The summed E-state index contributed by atoms with van der Waals surface area (Å²) in [6.45, 7) is 1.45. The molecule has 1 saturated heterocycles. The molecule has 0 bridgehead atoms. The van der Waals surface area contributed by atoms with E-state index in [0.29, 0.717) is 12.3 Å². The fourth-order valence-electron chi connectivity index (χ4n) is 2.64. The molecule has 2 fully saturated rings. The molecule has 0 unspecified atom stereocenters. The lowest BCUT2D eigenvalue weighted by Gasteiger charge is -2.39. The van der Waals surface area contributed by atoms with Crippen molar-refractivity contribution in [2.45, 2.75) is 44.3 Å². The monoisotopic (exact) mass is 195 g/mol. The van der Waals surface area contributed by atoms with E-state index in [2.05, 4.69) is 6.07 Å². The molecule has 3 nitrogen and oxygen atoms in total. The first kappa shape index (κ1) is 9.95. The largest absolute Gasteiger partial charge is 0.347 e. The van der Waals surface area contributed by atoms with Gasteiger partial charge < -0.3 is 9.47 Å². The van der Waals surface area contributed by atoms with Gasteiger partial charge in [0.05, 0.1) is 19.3 Å². The Morgan fingerprint density at radius 1 is 1.29 bits per heavy atom. The van der Waals surface area contributed by atoms with Crippen LogP contribution in [0, 0.1) is 17.2 Å². The van der Waals surface area contributed by atoms with Gasteiger partial charge in [-0.15, -0.1) is 0 Å². The quantitative estimate of drug-likeness (QED) is 0.678. The van der Waals surface area contributed by atoms with Gasteiger partial charge in [-0.3, -0.25) is 0 Å². The summed E-state index contributed by atoms with van der Waals surface area (Å²) in [6, 6.07) is 2.21. The fraction of sp³-hybridized carbons (Fsp3) is 0.909.